The summed E-state index contributed by atoms with van der Waals surface area (Å²) in [7, 11) is 0. The summed E-state index contributed by atoms with van der Waals surface area (Å²) in [5.74, 6) is 0.748. The van der Waals surface area contributed by atoms with E-state index in [2.05, 4.69) is 15.9 Å². The summed E-state index contributed by atoms with van der Waals surface area (Å²) in [6.07, 6.45) is 1.07. The maximum absolute atomic E-state index is 9.96. The van der Waals surface area contributed by atoms with Gasteiger partial charge >= 0.3 is 0 Å². The summed E-state index contributed by atoms with van der Waals surface area (Å²) in [4.78, 5) is 0. The summed E-state index contributed by atoms with van der Waals surface area (Å²) >= 11 is 3.41. The van der Waals surface area contributed by atoms with Crippen LogP contribution in [0.25, 0.3) is 0 Å². The number of hydrogen-bond donors (Lipinski definition) is 2. The predicted molar refractivity (Wildman–Crippen MR) is 73.2 cm³/mol. The van der Waals surface area contributed by atoms with Crippen LogP contribution >= 0.6 is 15.9 Å². The van der Waals surface area contributed by atoms with Crippen molar-refractivity contribution in [1.29, 1.82) is 0 Å². The monoisotopic (exact) mass is 301 g/mol. The first-order valence-electron chi connectivity index (χ1n) is 5.96. The molecule has 0 aromatic heterocycles. The van der Waals surface area contributed by atoms with Crippen molar-refractivity contribution in [3.8, 4) is 5.75 Å². The normalized spacial score (nSPS) is 14.4. The molecule has 0 heterocycles. The van der Waals surface area contributed by atoms with E-state index in [1.54, 1.807) is 0 Å². The molecule has 4 heteroatoms. The minimum absolute atomic E-state index is 0.408. The Balaban J connectivity index is 2.96. The van der Waals surface area contributed by atoms with Gasteiger partial charge in [-0.1, -0.05) is 29.3 Å². The second-order valence-corrected chi connectivity index (χ2v) is 4.91. The Morgan fingerprint density at radius 3 is 2.71 bits per heavy atom. The molecule has 0 fully saturated rings. The third kappa shape index (κ3) is 3.98. The number of rotatable bonds is 6. The molecule has 17 heavy (non-hydrogen) atoms. The standard InChI is InChI=1S/C13H20BrNO2/c1-3-5-11(16)13(15)10-8-9(14)6-7-12(10)17-4-2/h6-8,11,13,16H,3-5,15H2,1-2H3/t11-,13+/m1/s1. The minimum atomic E-state index is -0.534. The Bertz CT molecular complexity index is 357. The fourth-order valence-electron chi connectivity index (χ4n) is 1.75. The topological polar surface area (TPSA) is 55.5 Å². The SMILES string of the molecule is CCC[C@@H](O)[C@@H](N)c1cc(Br)ccc1OCC. The van der Waals surface area contributed by atoms with Gasteiger partial charge in [-0.05, 0) is 31.5 Å². The molecule has 0 saturated carbocycles. The zero-order valence-corrected chi connectivity index (χ0v) is 11.9. The van der Waals surface area contributed by atoms with Gasteiger partial charge in [0.15, 0.2) is 0 Å². The highest BCUT2D eigenvalue weighted by atomic mass is 79.9. The molecule has 3 N–H and O–H groups in total. The van der Waals surface area contributed by atoms with Crippen LogP contribution in [0.4, 0.5) is 0 Å². The number of nitrogens with two attached hydrogens (primary N) is 1. The van der Waals surface area contributed by atoms with Crippen LogP contribution in [0.3, 0.4) is 0 Å². The van der Waals surface area contributed by atoms with E-state index in [0.29, 0.717) is 13.0 Å². The highest BCUT2D eigenvalue weighted by Crippen LogP contribution is 2.30. The van der Waals surface area contributed by atoms with Gasteiger partial charge in [-0.2, -0.15) is 0 Å². The fourth-order valence-corrected chi connectivity index (χ4v) is 2.13. The first kappa shape index (κ1) is 14.5. The first-order valence-corrected chi connectivity index (χ1v) is 6.75. The van der Waals surface area contributed by atoms with Gasteiger partial charge in [0.05, 0.1) is 18.8 Å². The van der Waals surface area contributed by atoms with Crippen LogP contribution in [0.5, 0.6) is 5.75 Å². The van der Waals surface area contributed by atoms with Crippen molar-refractivity contribution in [2.24, 2.45) is 5.73 Å². The molecule has 1 rings (SSSR count). The van der Waals surface area contributed by atoms with Gasteiger partial charge in [0.2, 0.25) is 0 Å². The van der Waals surface area contributed by atoms with E-state index >= 15 is 0 Å². The van der Waals surface area contributed by atoms with Crippen LogP contribution in [-0.2, 0) is 0 Å². The van der Waals surface area contributed by atoms with Gasteiger partial charge < -0.3 is 15.6 Å². The zero-order chi connectivity index (χ0) is 12.8. The molecule has 0 unspecified atom stereocenters. The quantitative estimate of drug-likeness (QED) is 0.849. The number of ether oxygens (including phenoxy) is 1. The Kier molecular flexibility index (Phi) is 5.95. The molecular weight excluding hydrogens is 282 g/mol. The Hall–Kier alpha value is -0.580. The van der Waals surface area contributed by atoms with Crippen LogP contribution in [-0.4, -0.2) is 17.8 Å². The first-order chi connectivity index (χ1) is 8.10. The second kappa shape index (κ2) is 6.99. The van der Waals surface area contributed by atoms with Crippen LogP contribution in [0.2, 0.25) is 0 Å². The molecule has 2 atom stereocenters. The van der Waals surface area contributed by atoms with Gasteiger partial charge in [-0.3, -0.25) is 0 Å². The average Bonchev–Trinajstić information content (AvgIpc) is 2.31. The molecule has 0 bridgehead atoms. The molecule has 0 aliphatic rings. The van der Waals surface area contributed by atoms with Crippen molar-refractivity contribution >= 4 is 15.9 Å². The number of halogens is 1. The van der Waals surface area contributed by atoms with E-state index in [9.17, 15) is 5.11 Å². The maximum atomic E-state index is 9.96. The molecule has 0 saturated heterocycles. The Morgan fingerprint density at radius 2 is 2.12 bits per heavy atom. The maximum Gasteiger partial charge on any atom is 0.124 e. The predicted octanol–water partition coefficient (Wildman–Crippen LogP) is 3.01. The lowest BCUT2D eigenvalue weighted by Crippen LogP contribution is -2.26. The lowest BCUT2D eigenvalue weighted by molar-refractivity contribution is 0.132. The highest BCUT2D eigenvalue weighted by molar-refractivity contribution is 9.10. The molecule has 0 aliphatic heterocycles. The molecule has 0 radical (unpaired) electrons. The van der Waals surface area contributed by atoms with E-state index in [1.165, 1.54) is 0 Å². The average molecular weight is 302 g/mol. The third-order valence-corrected chi connectivity index (χ3v) is 3.12. The van der Waals surface area contributed by atoms with Crippen molar-refractivity contribution in [2.45, 2.75) is 38.8 Å². The van der Waals surface area contributed by atoms with Gasteiger partial charge in [0.1, 0.15) is 5.75 Å². The van der Waals surface area contributed by atoms with Crippen LogP contribution in [0.15, 0.2) is 22.7 Å². The van der Waals surface area contributed by atoms with Crippen molar-refractivity contribution in [3.63, 3.8) is 0 Å². The Morgan fingerprint density at radius 1 is 1.41 bits per heavy atom. The lowest BCUT2D eigenvalue weighted by atomic mass is 9.98. The van der Waals surface area contributed by atoms with E-state index < -0.39 is 12.1 Å². The number of benzene rings is 1. The van der Waals surface area contributed by atoms with Crippen molar-refractivity contribution in [1.82, 2.24) is 0 Å². The van der Waals surface area contributed by atoms with E-state index in [-0.39, 0.29) is 0 Å². The van der Waals surface area contributed by atoms with Gasteiger partial charge in [-0.25, -0.2) is 0 Å². The van der Waals surface area contributed by atoms with E-state index in [1.807, 2.05) is 32.0 Å². The molecule has 3 nitrogen and oxygen atoms in total. The van der Waals surface area contributed by atoms with E-state index in [4.69, 9.17) is 10.5 Å². The smallest absolute Gasteiger partial charge is 0.124 e. The van der Waals surface area contributed by atoms with E-state index in [0.717, 1.165) is 22.2 Å². The highest BCUT2D eigenvalue weighted by Gasteiger charge is 2.20. The third-order valence-electron chi connectivity index (χ3n) is 2.63. The molecule has 0 spiro atoms. The van der Waals surface area contributed by atoms with Crippen molar-refractivity contribution in [3.05, 3.63) is 28.2 Å². The minimum Gasteiger partial charge on any atom is -0.494 e. The molecule has 1 aromatic rings. The number of aliphatic hydroxyl groups excluding tert-OH is 1. The summed E-state index contributed by atoms with van der Waals surface area (Å²) < 4.78 is 6.47. The molecule has 0 amide bonds. The van der Waals surface area contributed by atoms with Crippen molar-refractivity contribution < 1.29 is 9.84 Å². The lowest BCUT2D eigenvalue weighted by Gasteiger charge is -2.21. The van der Waals surface area contributed by atoms with Crippen LogP contribution < -0.4 is 10.5 Å². The fraction of sp³-hybridized carbons (Fsp3) is 0.538. The summed E-state index contributed by atoms with van der Waals surface area (Å²) in [5.41, 5.74) is 6.92. The second-order valence-electron chi connectivity index (χ2n) is 4.00. The number of hydrogen-bond acceptors (Lipinski definition) is 3. The summed E-state index contributed by atoms with van der Waals surface area (Å²) in [5, 5.41) is 9.96. The van der Waals surface area contributed by atoms with Gasteiger partial charge in [0.25, 0.3) is 0 Å². The molecule has 96 valence electrons. The molecule has 0 aliphatic carbocycles. The van der Waals surface area contributed by atoms with Gasteiger partial charge in [-0.15, -0.1) is 0 Å². The van der Waals surface area contributed by atoms with Crippen LogP contribution in [0, 0.1) is 0 Å². The molecule has 1 aromatic carbocycles. The van der Waals surface area contributed by atoms with Crippen LogP contribution in [0.1, 0.15) is 38.3 Å². The zero-order valence-electron chi connectivity index (χ0n) is 10.3. The largest absolute Gasteiger partial charge is 0.494 e. The summed E-state index contributed by atoms with van der Waals surface area (Å²) in [6.45, 7) is 4.55. The van der Waals surface area contributed by atoms with Gasteiger partial charge in [0, 0.05) is 10.0 Å². The number of aliphatic hydroxyl groups is 1. The Labute approximate surface area is 111 Å². The summed E-state index contributed by atoms with van der Waals surface area (Å²) in [6, 6.07) is 5.29. The van der Waals surface area contributed by atoms with Crippen molar-refractivity contribution in [2.75, 3.05) is 6.61 Å². The molecular formula is C13H20BrNO2.